The fourth-order valence-corrected chi connectivity index (χ4v) is 4.83. The Morgan fingerprint density at radius 3 is 2.45 bits per heavy atom. The van der Waals surface area contributed by atoms with Gasteiger partial charge in [0.1, 0.15) is 0 Å². The van der Waals surface area contributed by atoms with Crippen LogP contribution in [-0.4, -0.2) is 14.3 Å². The second-order valence-corrected chi connectivity index (χ2v) is 9.15. The zero-order valence-electron chi connectivity index (χ0n) is 16.8. The summed E-state index contributed by atoms with van der Waals surface area (Å²) in [6, 6.07) is 20.6. The van der Waals surface area contributed by atoms with Crippen LogP contribution in [-0.2, 0) is 34.1 Å². The summed E-state index contributed by atoms with van der Waals surface area (Å²) in [7, 11) is -3.72. The first-order valence-corrected chi connectivity index (χ1v) is 11.5. The number of nitriles is 1. The van der Waals surface area contributed by atoms with E-state index < -0.39 is 10.0 Å². The molecular formula is C24H21N3O3S. The summed E-state index contributed by atoms with van der Waals surface area (Å²) in [6.45, 7) is 0. The third-order valence-electron chi connectivity index (χ3n) is 5.24. The van der Waals surface area contributed by atoms with Crippen molar-refractivity contribution < 1.29 is 13.2 Å². The number of carbonyl (C=O) groups excluding carboxylic acids is 1. The van der Waals surface area contributed by atoms with Gasteiger partial charge in [0.2, 0.25) is 5.91 Å². The van der Waals surface area contributed by atoms with Crippen LogP contribution in [0.5, 0.6) is 0 Å². The lowest BCUT2D eigenvalue weighted by Gasteiger charge is -2.15. The number of nitrogens with one attached hydrogen (secondary N) is 2. The fraction of sp³-hybridized carbons (Fsp3) is 0.167. The number of sulfonamides is 1. The van der Waals surface area contributed by atoms with Crippen LogP contribution in [0.1, 0.15) is 28.7 Å². The van der Waals surface area contributed by atoms with Crippen LogP contribution < -0.4 is 10.0 Å². The summed E-state index contributed by atoms with van der Waals surface area (Å²) in [5.74, 6) is -0.193. The molecule has 1 amide bonds. The van der Waals surface area contributed by atoms with Gasteiger partial charge < -0.3 is 5.32 Å². The molecule has 6 nitrogen and oxygen atoms in total. The Morgan fingerprint density at radius 2 is 1.74 bits per heavy atom. The predicted octanol–water partition coefficient (Wildman–Crippen LogP) is 4.03. The van der Waals surface area contributed by atoms with Crippen molar-refractivity contribution in [1.29, 1.82) is 5.26 Å². The molecule has 0 bridgehead atoms. The summed E-state index contributed by atoms with van der Waals surface area (Å²) < 4.78 is 28.0. The van der Waals surface area contributed by atoms with Gasteiger partial charge in [-0.1, -0.05) is 30.3 Å². The SMILES string of the molecule is N#Cc1ccc(CC(=O)Nc2cc(NS(=O)(=O)c3ccccc3)cc3c2CCC3)cc1. The molecule has 0 fully saturated rings. The molecule has 4 rings (SSSR count). The Labute approximate surface area is 181 Å². The van der Waals surface area contributed by atoms with Crippen LogP contribution in [0.2, 0.25) is 0 Å². The quantitative estimate of drug-likeness (QED) is 0.616. The highest BCUT2D eigenvalue weighted by atomic mass is 32.2. The largest absolute Gasteiger partial charge is 0.325 e. The smallest absolute Gasteiger partial charge is 0.261 e. The monoisotopic (exact) mass is 431 g/mol. The van der Waals surface area contributed by atoms with E-state index in [0.29, 0.717) is 16.9 Å². The van der Waals surface area contributed by atoms with Crippen molar-refractivity contribution in [1.82, 2.24) is 0 Å². The van der Waals surface area contributed by atoms with E-state index in [-0.39, 0.29) is 17.2 Å². The molecular weight excluding hydrogens is 410 g/mol. The lowest BCUT2D eigenvalue weighted by molar-refractivity contribution is -0.115. The third-order valence-corrected chi connectivity index (χ3v) is 6.64. The van der Waals surface area contributed by atoms with Crippen molar-refractivity contribution in [3.05, 3.63) is 89.0 Å². The van der Waals surface area contributed by atoms with Gasteiger partial charge >= 0.3 is 0 Å². The molecule has 2 N–H and O–H groups in total. The van der Waals surface area contributed by atoms with Gasteiger partial charge in [0.15, 0.2) is 0 Å². The minimum atomic E-state index is -3.72. The standard InChI is InChI=1S/C24H21N3O3S/c25-16-18-11-9-17(10-12-18)13-24(28)26-23-15-20(14-19-5-4-8-22(19)23)27-31(29,30)21-6-2-1-3-7-21/h1-3,6-7,9-12,14-15,27H,4-5,8,13H2,(H,26,28). The highest BCUT2D eigenvalue weighted by Gasteiger charge is 2.20. The molecule has 0 unspecified atom stereocenters. The molecule has 3 aromatic carbocycles. The van der Waals surface area contributed by atoms with Crippen molar-refractivity contribution in [2.24, 2.45) is 0 Å². The van der Waals surface area contributed by atoms with Gasteiger partial charge in [0, 0.05) is 5.69 Å². The molecule has 1 aliphatic rings. The Bertz CT molecular complexity index is 1260. The van der Waals surface area contributed by atoms with Crippen molar-refractivity contribution in [2.75, 3.05) is 10.0 Å². The molecule has 0 aromatic heterocycles. The number of aryl methyl sites for hydroxylation is 1. The molecule has 0 spiro atoms. The number of hydrogen-bond donors (Lipinski definition) is 2. The van der Waals surface area contributed by atoms with Crippen molar-refractivity contribution in [2.45, 2.75) is 30.6 Å². The molecule has 0 atom stereocenters. The van der Waals surface area contributed by atoms with E-state index in [2.05, 4.69) is 16.1 Å². The number of fused-ring (bicyclic) bond motifs is 1. The molecule has 0 saturated heterocycles. The maximum absolute atomic E-state index is 12.7. The lowest BCUT2D eigenvalue weighted by Crippen LogP contribution is -2.17. The van der Waals surface area contributed by atoms with Crippen LogP contribution in [0.3, 0.4) is 0 Å². The molecule has 31 heavy (non-hydrogen) atoms. The van der Waals surface area contributed by atoms with Gasteiger partial charge in [-0.15, -0.1) is 0 Å². The minimum absolute atomic E-state index is 0.167. The van der Waals surface area contributed by atoms with Gasteiger partial charge in [0.25, 0.3) is 10.0 Å². The van der Waals surface area contributed by atoms with E-state index in [1.165, 1.54) is 12.1 Å². The van der Waals surface area contributed by atoms with E-state index in [9.17, 15) is 13.2 Å². The summed E-state index contributed by atoms with van der Waals surface area (Å²) >= 11 is 0. The van der Waals surface area contributed by atoms with Crippen molar-refractivity contribution >= 4 is 27.3 Å². The first-order chi connectivity index (χ1) is 14.9. The second-order valence-electron chi connectivity index (χ2n) is 7.47. The summed E-state index contributed by atoms with van der Waals surface area (Å²) in [5.41, 5.74) is 4.50. The Morgan fingerprint density at radius 1 is 1.00 bits per heavy atom. The van der Waals surface area contributed by atoms with E-state index in [1.54, 1.807) is 48.5 Å². The van der Waals surface area contributed by atoms with Crippen LogP contribution in [0.25, 0.3) is 0 Å². The molecule has 0 radical (unpaired) electrons. The van der Waals surface area contributed by atoms with E-state index in [4.69, 9.17) is 5.26 Å². The Hall–Kier alpha value is -3.63. The molecule has 0 heterocycles. The first kappa shape index (κ1) is 20.6. The molecule has 156 valence electrons. The fourth-order valence-electron chi connectivity index (χ4n) is 3.77. The minimum Gasteiger partial charge on any atom is -0.325 e. The highest BCUT2D eigenvalue weighted by Crippen LogP contribution is 2.33. The van der Waals surface area contributed by atoms with Crippen LogP contribution in [0, 0.1) is 11.3 Å². The van der Waals surface area contributed by atoms with Gasteiger partial charge in [0.05, 0.1) is 28.6 Å². The maximum atomic E-state index is 12.7. The van der Waals surface area contributed by atoms with E-state index >= 15 is 0 Å². The van der Waals surface area contributed by atoms with E-state index in [1.807, 2.05) is 6.07 Å². The number of anilines is 2. The zero-order chi connectivity index (χ0) is 21.8. The Kier molecular flexibility index (Phi) is 5.74. The normalized spacial score (nSPS) is 12.6. The van der Waals surface area contributed by atoms with Gasteiger partial charge in [-0.25, -0.2) is 8.42 Å². The van der Waals surface area contributed by atoms with Gasteiger partial charge in [-0.3, -0.25) is 9.52 Å². The summed E-state index contributed by atoms with van der Waals surface area (Å²) in [6.07, 6.45) is 2.81. The number of carbonyl (C=O) groups is 1. The van der Waals surface area contributed by atoms with Crippen LogP contribution in [0.15, 0.2) is 71.6 Å². The van der Waals surface area contributed by atoms with Crippen LogP contribution >= 0.6 is 0 Å². The number of benzene rings is 3. The van der Waals surface area contributed by atoms with Crippen LogP contribution in [0.4, 0.5) is 11.4 Å². The predicted molar refractivity (Wildman–Crippen MR) is 119 cm³/mol. The number of hydrogen-bond acceptors (Lipinski definition) is 4. The molecule has 7 heteroatoms. The second kappa shape index (κ2) is 8.62. The number of amides is 1. The summed E-state index contributed by atoms with van der Waals surface area (Å²) in [5, 5.41) is 11.8. The average Bonchev–Trinajstić information content (AvgIpc) is 3.23. The third kappa shape index (κ3) is 4.76. The molecule has 0 aliphatic heterocycles. The zero-order valence-corrected chi connectivity index (χ0v) is 17.6. The number of rotatable bonds is 6. The van der Waals surface area contributed by atoms with Crippen molar-refractivity contribution in [3.63, 3.8) is 0 Å². The molecule has 1 aliphatic carbocycles. The molecule has 3 aromatic rings. The van der Waals surface area contributed by atoms with Crippen molar-refractivity contribution in [3.8, 4) is 6.07 Å². The maximum Gasteiger partial charge on any atom is 0.261 e. The lowest BCUT2D eigenvalue weighted by atomic mass is 10.1. The average molecular weight is 432 g/mol. The molecule has 0 saturated carbocycles. The Balaban J connectivity index is 1.56. The van der Waals surface area contributed by atoms with Gasteiger partial charge in [-0.2, -0.15) is 5.26 Å². The topological polar surface area (TPSA) is 99.1 Å². The first-order valence-electron chi connectivity index (χ1n) is 9.97. The summed E-state index contributed by atoms with van der Waals surface area (Å²) in [4.78, 5) is 12.8. The highest BCUT2D eigenvalue weighted by molar-refractivity contribution is 7.92. The van der Waals surface area contributed by atoms with Gasteiger partial charge in [-0.05, 0) is 72.4 Å². The number of nitrogens with zero attached hydrogens (tertiary/aromatic N) is 1. The van der Waals surface area contributed by atoms with E-state index in [0.717, 1.165) is 36.0 Å².